The van der Waals surface area contributed by atoms with Gasteiger partial charge in [-0.25, -0.2) is 12.8 Å². The lowest BCUT2D eigenvalue weighted by molar-refractivity contribution is -0.114. The zero-order valence-electron chi connectivity index (χ0n) is 19.2. The standard InChI is InChI=1S/C24H25FN2O6S/c1-16-5-11-22(33-4)23(13-16)34(29,30)27(18-8-6-17(25)7-9-18)15-24(28)26-20-14-19(31-2)10-12-21(20)32-3/h5-14H,15H2,1-4H3,(H,26,28). The van der Waals surface area contributed by atoms with Gasteiger partial charge in [0.25, 0.3) is 10.0 Å². The number of carbonyl (C=O) groups excluding carboxylic acids is 1. The molecule has 3 aromatic carbocycles. The van der Waals surface area contributed by atoms with Crippen molar-refractivity contribution in [1.82, 2.24) is 0 Å². The van der Waals surface area contributed by atoms with Gasteiger partial charge in [-0.2, -0.15) is 0 Å². The zero-order valence-corrected chi connectivity index (χ0v) is 20.0. The highest BCUT2D eigenvalue weighted by atomic mass is 32.2. The molecule has 34 heavy (non-hydrogen) atoms. The second-order valence-corrected chi connectivity index (χ2v) is 9.09. The maximum Gasteiger partial charge on any atom is 0.268 e. The number of amides is 1. The Morgan fingerprint density at radius 2 is 1.56 bits per heavy atom. The second kappa shape index (κ2) is 10.4. The fourth-order valence-corrected chi connectivity index (χ4v) is 4.92. The molecule has 0 saturated heterocycles. The summed E-state index contributed by atoms with van der Waals surface area (Å²) in [5, 5.41) is 2.66. The van der Waals surface area contributed by atoms with Gasteiger partial charge in [0.2, 0.25) is 5.91 Å². The summed E-state index contributed by atoms with van der Waals surface area (Å²) in [6.45, 7) is 1.15. The lowest BCUT2D eigenvalue weighted by Gasteiger charge is -2.25. The van der Waals surface area contributed by atoms with Crippen LogP contribution in [0, 0.1) is 12.7 Å². The van der Waals surface area contributed by atoms with Crippen LogP contribution in [0.3, 0.4) is 0 Å². The van der Waals surface area contributed by atoms with E-state index in [2.05, 4.69) is 5.32 Å². The summed E-state index contributed by atoms with van der Waals surface area (Å²) < 4.78 is 57.5. The average Bonchev–Trinajstić information content (AvgIpc) is 2.83. The van der Waals surface area contributed by atoms with E-state index in [1.54, 1.807) is 31.2 Å². The van der Waals surface area contributed by atoms with Gasteiger partial charge in [-0.05, 0) is 61.0 Å². The first-order valence-corrected chi connectivity index (χ1v) is 11.6. The molecule has 0 unspecified atom stereocenters. The van der Waals surface area contributed by atoms with Crippen molar-refractivity contribution in [1.29, 1.82) is 0 Å². The van der Waals surface area contributed by atoms with E-state index in [0.717, 1.165) is 16.4 Å². The highest BCUT2D eigenvalue weighted by molar-refractivity contribution is 7.93. The largest absolute Gasteiger partial charge is 0.497 e. The van der Waals surface area contributed by atoms with Crippen LogP contribution in [0.15, 0.2) is 65.6 Å². The topological polar surface area (TPSA) is 94.2 Å². The average molecular weight is 489 g/mol. The highest BCUT2D eigenvalue weighted by Gasteiger charge is 2.30. The fraction of sp³-hybridized carbons (Fsp3) is 0.208. The number of benzene rings is 3. The molecule has 0 spiro atoms. The van der Waals surface area contributed by atoms with Crippen LogP contribution < -0.4 is 23.8 Å². The third-order valence-corrected chi connectivity index (χ3v) is 6.76. The van der Waals surface area contributed by atoms with Crippen molar-refractivity contribution in [2.24, 2.45) is 0 Å². The number of rotatable bonds is 9. The van der Waals surface area contributed by atoms with Gasteiger partial charge in [0.1, 0.15) is 34.5 Å². The molecule has 1 N–H and O–H groups in total. The minimum atomic E-state index is -4.28. The maximum atomic E-state index is 13.7. The van der Waals surface area contributed by atoms with E-state index in [1.807, 2.05) is 0 Å². The van der Waals surface area contributed by atoms with Crippen molar-refractivity contribution in [2.75, 3.05) is 37.5 Å². The van der Waals surface area contributed by atoms with Gasteiger partial charge in [-0.15, -0.1) is 0 Å². The van der Waals surface area contributed by atoms with Crippen molar-refractivity contribution >= 4 is 27.3 Å². The highest BCUT2D eigenvalue weighted by Crippen LogP contribution is 2.32. The number of hydrogen-bond donors (Lipinski definition) is 1. The summed E-state index contributed by atoms with van der Waals surface area (Å²) in [6, 6.07) is 14.3. The van der Waals surface area contributed by atoms with Gasteiger partial charge in [-0.3, -0.25) is 9.10 Å². The Bertz CT molecular complexity index is 1280. The van der Waals surface area contributed by atoms with Crippen LogP contribution in [0.25, 0.3) is 0 Å². The summed E-state index contributed by atoms with van der Waals surface area (Å²) in [6.07, 6.45) is 0. The molecule has 180 valence electrons. The van der Waals surface area contributed by atoms with Crippen LogP contribution in [-0.2, 0) is 14.8 Å². The van der Waals surface area contributed by atoms with Gasteiger partial charge in [0, 0.05) is 6.07 Å². The number of halogens is 1. The van der Waals surface area contributed by atoms with Crippen LogP contribution in [0.2, 0.25) is 0 Å². The maximum absolute atomic E-state index is 13.7. The van der Waals surface area contributed by atoms with E-state index in [-0.39, 0.29) is 16.3 Å². The van der Waals surface area contributed by atoms with Crippen molar-refractivity contribution in [3.05, 3.63) is 72.0 Å². The molecule has 10 heteroatoms. The number of aryl methyl sites for hydroxylation is 1. The molecule has 0 radical (unpaired) electrons. The molecular formula is C24H25FN2O6S. The van der Waals surface area contributed by atoms with Gasteiger partial charge in [-0.1, -0.05) is 6.07 Å². The van der Waals surface area contributed by atoms with Gasteiger partial charge in [0.15, 0.2) is 0 Å². The summed E-state index contributed by atoms with van der Waals surface area (Å²) in [5.74, 6) is -0.229. The van der Waals surface area contributed by atoms with E-state index >= 15 is 0 Å². The Morgan fingerprint density at radius 1 is 0.912 bits per heavy atom. The van der Waals surface area contributed by atoms with Gasteiger partial charge in [0.05, 0.1) is 32.7 Å². The van der Waals surface area contributed by atoms with Crippen LogP contribution >= 0.6 is 0 Å². The summed E-state index contributed by atoms with van der Waals surface area (Å²) in [5.41, 5.74) is 1.10. The molecule has 0 atom stereocenters. The number of anilines is 2. The minimum Gasteiger partial charge on any atom is -0.497 e. The zero-order chi connectivity index (χ0) is 24.9. The summed E-state index contributed by atoms with van der Waals surface area (Å²) in [4.78, 5) is 12.9. The number of carbonyl (C=O) groups is 1. The lowest BCUT2D eigenvalue weighted by Crippen LogP contribution is -2.38. The molecule has 3 rings (SSSR count). The molecule has 0 heterocycles. The molecule has 0 fully saturated rings. The third-order valence-electron chi connectivity index (χ3n) is 4.97. The SMILES string of the molecule is COc1ccc(OC)c(NC(=O)CN(c2ccc(F)cc2)S(=O)(=O)c2cc(C)ccc2OC)c1. The van der Waals surface area contributed by atoms with Gasteiger partial charge >= 0.3 is 0 Å². The Labute approximate surface area is 197 Å². The van der Waals surface area contributed by atoms with Crippen LogP contribution in [-0.4, -0.2) is 42.2 Å². The molecule has 0 aliphatic rings. The minimum absolute atomic E-state index is 0.109. The molecule has 0 aliphatic heterocycles. The number of hydrogen-bond acceptors (Lipinski definition) is 6. The van der Waals surface area contributed by atoms with Gasteiger partial charge < -0.3 is 19.5 Å². The Balaban J connectivity index is 2.02. The number of methoxy groups -OCH3 is 3. The van der Waals surface area contributed by atoms with Crippen molar-refractivity contribution in [3.63, 3.8) is 0 Å². The predicted molar refractivity (Wildman–Crippen MR) is 127 cm³/mol. The molecule has 0 aromatic heterocycles. The first-order chi connectivity index (χ1) is 16.2. The number of sulfonamides is 1. The second-order valence-electron chi connectivity index (χ2n) is 7.26. The van der Waals surface area contributed by atoms with E-state index in [4.69, 9.17) is 14.2 Å². The Kier molecular flexibility index (Phi) is 7.62. The Hall–Kier alpha value is -3.79. The molecule has 0 aliphatic carbocycles. The number of ether oxygens (including phenoxy) is 3. The Morgan fingerprint density at radius 3 is 2.18 bits per heavy atom. The smallest absolute Gasteiger partial charge is 0.268 e. The molecule has 0 saturated carbocycles. The molecule has 8 nitrogen and oxygen atoms in total. The van der Waals surface area contributed by atoms with Crippen LogP contribution in [0.4, 0.5) is 15.8 Å². The molecule has 3 aromatic rings. The fourth-order valence-electron chi connectivity index (χ4n) is 3.26. The summed E-state index contributed by atoms with van der Waals surface area (Å²) >= 11 is 0. The van der Waals surface area contributed by atoms with E-state index in [9.17, 15) is 17.6 Å². The summed E-state index contributed by atoms with van der Waals surface area (Å²) in [7, 11) is -0.00523. The van der Waals surface area contributed by atoms with Crippen LogP contribution in [0.5, 0.6) is 17.2 Å². The van der Waals surface area contributed by atoms with E-state index in [1.165, 1.54) is 45.6 Å². The van der Waals surface area contributed by atoms with Crippen LogP contribution in [0.1, 0.15) is 5.56 Å². The first-order valence-electron chi connectivity index (χ1n) is 10.1. The normalized spacial score (nSPS) is 11.0. The number of nitrogens with one attached hydrogen (secondary N) is 1. The molecule has 1 amide bonds. The first kappa shape index (κ1) is 24.8. The van der Waals surface area contributed by atoms with Crippen molar-refractivity contribution in [2.45, 2.75) is 11.8 Å². The third kappa shape index (κ3) is 5.40. The van der Waals surface area contributed by atoms with E-state index < -0.39 is 28.3 Å². The van der Waals surface area contributed by atoms with E-state index in [0.29, 0.717) is 22.7 Å². The van der Waals surface area contributed by atoms with Crippen molar-refractivity contribution in [3.8, 4) is 17.2 Å². The number of nitrogens with zero attached hydrogens (tertiary/aromatic N) is 1. The molecule has 0 bridgehead atoms. The van der Waals surface area contributed by atoms with Crippen molar-refractivity contribution < 1.29 is 31.8 Å². The lowest BCUT2D eigenvalue weighted by atomic mass is 10.2. The quantitative estimate of drug-likeness (QED) is 0.490. The molecular weight excluding hydrogens is 463 g/mol. The monoisotopic (exact) mass is 488 g/mol. The predicted octanol–water partition coefficient (Wildman–Crippen LogP) is 3.99.